The third kappa shape index (κ3) is 4.22. The molecule has 0 aliphatic rings. The van der Waals surface area contributed by atoms with Crippen LogP contribution in [0.15, 0.2) is 48.5 Å². The lowest BCUT2D eigenvalue weighted by molar-refractivity contribution is -0.114. The molecule has 0 saturated carbocycles. The van der Waals surface area contributed by atoms with Gasteiger partial charge < -0.3 is 9.05 Å². The van der Waals surface area contributed by atoms with E-state index in [4.69, 9.17) is 9.05 Å². The summed E-state index contributed by atoms with van der Waals surface area (Å²) < 4.78 is 24.2. The topological polar surface area (TPSA) is 52.6 Å². The van der Waals surface area contributed by atoms with Gasteiger partial charge in [-0.1, -0.05) is 36.4 Å². The predicted molar refractivity (Wildman–Crippen MR) is 86.8 cm³/mol. The molecule has 0 spiro atoms. The van der Waals surface area contributed by atoms with Gasteiger partial charge in [-0.2, -0.15) is 0 Å². The standard InChI is InChI=1S/C17H19O4P/c1-13-8-4-6-10-16(13)20-22(19,12-15(3)18)21-17-11-7-5-9-14(17)2/h4-11H,12H2,1-3H3. The van der Waals surface area contributed by atoms with Crippen molar-refractivity contribution in [3.05, 3.63) is 59.7 Å². The van der Waals surface area contributed by atoms with Gasteiger partial charge in [0.15, 0.2) is 0 Å². The smallest absolute Gasteiger partial charge is 0.415 e. The first-order valence-corrected chi connectivity index (χ1v) is 8.71. The van der Waals surface area contributed by atoms with E-state index in [1.54, 1.807) is 24.3 Å². The number of carbonyl (C=O) groups is 1. The summed E-state index contributed by atoms with van der Waals surface area (Å²) >= 11 is 0. The fourth-order valence-corrected chi connectivity index (χ4v) is 3.69. The minimum atomic E-state index is -3.62. The maximum atomic E-state index is 13.0. The summed E-state index contributed by atoms with van der Waals surface area (Å²) in [5.74, 6) is 0.673. The van der Waals surface area contributed by atoms with Crippen molar-refractivity contribution in [2.45, 2.75) is 20.8 Å². The van der Waals surface area contributed by atoms with E-state index in [2.05, 4.69) is 0 Å². The molecule has 0 aliphatic carbocycles. The van der Waals surface area contributed by atoms with Crippen molar-refractivity contribution < 1.29 is 18.4 Å². The molecular formula is C17H19O4P. The number of carbonyl (C=O) groups excluding carboxylic acids is 1. The number of para-hydroxylation sites is 2. The van der Waals surface area contributed by atoms with Crippen molar-refractivity contribution in [2.75, 3.05) is 6.16 Å². The monoisotopic (exact) mass is 318 g/mol. The Kier molecular flexibility index (Phi) is 5.04. The summed E-state index contributed by atoms with van der Waals surface area (Å²) in [6.07, 6.45) is -0.268. The van der Waals surface area contributed by atoms with Crippen molar-refractivity contribution in [2.24, 2.45) is 0 Å². The molecule has 22 heavy (non-hydrogen) atoms. The zero-order valence-electron chi connectivity index (χ0n) is 12.9. The molecule has 0 heterocycles. The van der Waals surface area contributed by atoms with Crippen LogP contribution in [0.4, 0.5) is 0 Å². The lowest BCUT2D eigenvalue weighted by atomic mass is 10.2. The van der Waals surface area contributed by atoms with Crippen LogP contribution in [0.2, 0.25) is 0 Å². The van der Waals surface area contributed by atoms with Crippen LogP contribution in [0.1, 0.15) is 18.1 Å². The third-order valence-electron chi connectivity index (χ3n) is 3.08. The molecule has 2 aromatic rings. The van der Waals surface area contributed by atoms with E-state index in [0.29, 0.717) is 11.5 Å². The number of benzene rings is 2. The molecule has 0 saturated heterocycles. The molecule has 116 valence electrons. The number of hydrogen-bond donors (Lipinski definition) is 0. The molecule has 0 atom stereocenters. The highest BCUT2D eigenvalue weighted by atomic mass is 31.2. The van der Waals surface area contributed by atoms with Gasteiger partial charge in [0.05, 0.1) is 0 Å². The first kappa shape index (κ1) is 16.3. The molecule has 2 rings (SSSR count). The maximum Gasteiger partial charge on any atom is 0.438 e. The number of ketones is 1. The first-order valence-electron chi connectivity index (χ1n) is 6.98. The van der Waals surface area contributed by atoms with Gasteiger partial charge >= 0.3 is 7.60 Å². The van der Waals surface area contributed by atoms with E-state index >= 15 is 0 Å². The summed E-state index contributed by atoms with van der Waals surface area (Å²) in [5, 5.41) is 0. The van der Waals surface area contributed by atoms with Crippen LogP contribution in [0, 0.1) is 13.8 Å². The van der Waals surface area contributed by atoms with Crippen LogP contribution < -0.4 is 9.05 Å². The molecule has 0 aromatic heterocycles. The molecule has 0 fully saturated rings. The quantitative estimate of drug-likeness (QED) is 0.734. The van der Waals surface area contributed by atoms with Gasteiger partial charge in [0.25, 0.3) is 0 Å². The van der Waals surface area contributed by atoms with Crippen LogP contribution in [-0.2, 0) is 9.36 Å². The minimum absolute atomic E-state index is 0.245. The Morgan fingerprint density at radius 3 is 1.68 bits per heavy atom. The SMILES string of the molecule is CC(=O)CP(=O)(Oc1ccccc1C)Oc1ccccc1C. The Morgan fingerprint density at radius 2 is 1.32 bits per heavy atom. The van der Waals surface area contributed by atoms with Gasteiger partial charge in [-0.3, -0.25) is 4.79 Å². The van der Waals surface area contributed by atoms with E-state index in [9.17, 15) is 9.36 Å². The van der Waals surface area contributed by atoms with Crippen LogP contribution in [0.3, 0.4) is 0 Å². The molecular weight excluding hydrogens is 299 g/mol. The van der Waals surface area contributed by atoms with E-state index in [1.807, 2.05) is 38.1 Å². The summed E-state index contributed by atoms with van der Waals surface area (Å²) in [4.78, 5) is 11.5. The predicted octanol–water partition coefficient (Wildman–Crippen LogP) is 4.54. The average molecular weight is 318 g/mol. The van der Waals surface area contributed by atoms with Crippen molar-refractivity contribution >= 4 is 13.4 Å². The summed E-state index contributed by atoms with van der Waals surface area (Å²) in [5.41, 5.74) is 1.67. The fourth-order valence-electron chi connectivity index (χ4n) is 1.97. The number of Topliss-reactive ketones (excluding diaryl/α,β-unsaturated/α-hetero) is 1. The van der Waals surface area contributed by atoms with Gasteiger partial charge in [-0.15, -0.1) is 0 Å². The third-order valence-corrected chi connectivity index (χ3v) is 4.86. The van der Waals surface area contributed by atoms with Crippen LogP contribution in [-0.4, -0.2) is 11.9 Å². The van der Waals surface area contributed by atoms with Crippen molar-refractivity contribution in [3.63, 3.8) is 0 Å². The zero-order valence-corrected chi connectivity index (χ0v) is 13.8. The summed E-state index contributed by atoms with van der Waals surface area (Å²) in [7, 11) is -3.62. The van der Waals surface area contributed by atoms with Gasteiger partial charge in [-0.25, -0.2) is 4.57 Å². The Bertz CT molecular complexity index is 673. The highest BCUT2D eigenvalue weighted by molar-refractivity contribution is 7.55. The highest BCUT2D eigenvalue weighted by Gasteiger charge is 2.31. The molecule has 0 N–H and O–H groups in total. The number of rotatable bonds is 6. The molecule has 0 amide bonds. The van der Waals surface area contributed by atoms with Gasteiger partial charge in [0, 0.05) is 0 Å². The molecule has 0 unspecified atom stereocenters. The van der Waals surface area contributed by atoms with Gasteiger partial charge in [-0.05, 0) is 44.0 Å². The first-order chi connectivity index (χ1) is 10.4. The van der Waals surface area contributed by atoms with Crippen LogP contribution >= 0.6 is 7.60 Å². The van der Waals surface area contributed by atoms with Crippen LogP contribution in [0.5, 0.6) is 11.5 Å². The van der Waals surface area contributed by atoms with E-state index in [1.165, 1.54) is 6.92 Å². The van der Waals surface area contributed by atoms with E-state index in [0.717, 1.165) is 11.1 Å². The Morgan fingerprint density at radius 1 is 0.909 bits per heavy atom. The molecule has 4 nitrogen and oxygen atoms in total. The number of aryl methyl sites for hydroxylation is 2. The normalized spacial score (nSPS) is 11.0. The molecule has 5 heteroatoms. The van der Waals surface area contributed by atoms with Gasteiger partial charge in [0.1, 0.15) is 23.4 Å². The lowest BCUT2D eigenvalue weighted by Gasteiger charge is -2.21. The molecule has 0 radical (unpaired) electrons. The van der Waals surface area contributed by atoms with Crippen molar-refractivity contribution in [1.82, 2.24) is 0 Å². The maximum absolute atomic E-state index is 13.0. The summed E-state index contributed by atoms with van der Waals surface area (Å²) in [6.45, 7) is 5.07. The van der Waals surface area contributed by atoms with Crippen LogP contribution in [0.25, 0.3) is 0 Å². The average Bonchev–Trinajstić information content (AvgIpc) is 2.43. The zero-order chi connectivity index (χ0) is 16.2. The lowest BCUT2D eigenvalue weighted by Crippen LogP contribution is -2.11. The Hall–Kier alpha value is -2.06. The highest BCUT2D eigenvalue weighted by Crippen LogP contribution is 2.49. The Labute approximate surface area is 130 Å². The largest absolute Gasteiger partial charge is 0.438 e. The molecule has 0 aliphatic heterocycles. The Balaban J connectivity index is 2.32. The van der Waals surface area contributed by atoms with Crippen molar-refractivity contribution in [3.8, 4) is 11.5 Å². The van der Waals surface area contributed by atoms with E-state index < -0.39 is 7.60 Å². The number of hydrogen-bond acceptors (Lipinski definition) is 4. The van der Waals surface area contributed by atoms with Gasteiger partial charge in [0.2, 0.25) is 0 Å². The molecule has 2 aromatic carbocycles. The van der Waals surface area contributed by atoms with Crippen molar-refractivity contribution in [1.29, 1.82) is 0 Å². The summed E-state index contributed by atoms with van der Waals surface area (Å²) in [6, 6.07) is 14.4. The van der Waals surface area contributed by atoms with E-state index in [-0.39, 0.29) is 11.9 Å². The molecule has 0 bridgehead atoms. The second-order valence-electron chi connectivity index (χ2n) is 5.18. The minimum Gasteiger partial charge on any atom is -0.415 e. The second kappa shape index (κ2) is 6.80. The second-order valence-corrected chi connectivity index (χ2v) is 7.09. The fraction of sp³-hybridized carbons (Fsp3) is 0.235.